The minimum atomic E-state index is -3.63. The monoisotopic (exact) mass is 299 g/mol. The number of hydrogen-bond donors (Lipinski definition) is 2. The van der Waals surface area contributed by atoms with Crippen molar-refractivity contribution in [1.82, 2.24) is 4.31 Å². The minimum Gasteiger partial charge on any atom is -0.481 e. The number of nitrogens with zero attached hydrogens (tertiary/aromatic N) is 1. The number of sulfonamides is 1. The number of benzene rings is 1. The molecule has 2 N–H and O–H groups in total. The Kier molecular flexibility index (Phi) is 3.86. The van der Waals surface area contributed by atoms with Crippen molar-refractivity contribution < 1.29 is 23.4 Å². The van der Waals surface area contributed by atoms with Crippen molar-refractivity contribution in [3.63, 3.8) is 0 Å². The van der Waals surface area contributed by atoms with Gasteiger partial charge in [-0.15, -0.1) is 0 Å². The summed E-state index contributed by atoms with van der Waals surface area (Å²) >= 11 is 0. The zero-order chi connectivity index (χ0) is 15.0. The Morgan fingerprint density at radius 3 is 2.40 bits per heavy atom. The molecular weight excluding hydrogens is 282 g/mol. The van der Waals surface area contributed by atoms with Gasteiger partial charge in [0, 0.05) is 13.1 Å². The van der Waals surface area contributed by atoms with Gasteiger partial charge in [0.25, 0.3) is 0 Å². The summed E-state index contributed by atoms with van der Waals surface area (Å²) in [6.07, 6.45) is 0.266. The van der Waals surface area contributed by atoms with Gasteiger partial charge in [-0.1, -0.05) is 12.1 Å². The summed E-state index contributed by atoms with van der Waals surface area (Å²) in [5, 5.41) is 18.5. The molecule has 1 saturated heterocycles. The highest BCUT2D eigenvalue weighted by Crippen LogP contribution is 2.26. The minimum absolute atomic E-state index is 0.0756. The molecule has 20 heavy (non-hydrogen) atoms. The Hall–Kier alpha value is -1.44. The summed E-state index contributed by atoms with van der Waals surface area (Å²) < 4.78 is 26.0. The van der Waals surface area contributed by atoms with Crippen molar-refractivity contribution in [2.75, 3.05) is 13.1 Å². The first-order chi connectivity index (χ1) is 9.21. The van der Waals surface area contributed by atoms with Crippen LogP contribution in [0.2, 0.25) is 0 Å². The molecule has 1 atom stereocenters. The number of rotatable bonds is 4. The SMILES string of the molecule is CC1(O)CCN(S(=O)(=O)c2ccc(CC(=O)O)cc2)C1. The second-order valence-corrected chi connectivity index (χ2v) is 7.24. The van der Waals surface area contributed by atoms with E-state index in [4.69, 9.17) is 5.11 Å². The predicted octanol–water partition coefficient (Wildman–Crippen LogP) is 0.459. The fourth-order valence-electron chi connectivity index (χ4n) is 2.21. The van der Waals surface area contributed by atoms with Crippen LogP contribution >= 0.6 is 0 Å². The average Bonchev–Trinajstić information content (AvgIpc) is 2.70. The number of β-amino-alcohol motifs (C(OH)–C–C–N with tert-alkyl or cyclic N) is 1. The van der Waals surface area contributed by atoms with E-state index in [1.807, 2.05) is 0 Å². The Labute approximate surface area is 117 Å². The van der Waals surface area contributed by atoms with Gasteiger partial charge in [-0.2, -0.15) is 4.31 Å². The van der Waals surface area contributed by atoms with E-state index in [2.05, 4.69) is 0 Å². The van der Waals surface area contributed by atoms with Crippen molar-refractivity contribution in [2.45, 2.75) is 30.3 Å². The fraction of sp³-hybridized carbons (Fsp3) is 0.462. The number of aliphatic carboxylic acids is 1. The molecule has 6 nitrogen and oxygen atoms in total. The molecule has 2 rings (SSSR count). The molecule has 0 aliphatic carbocycles. The quantitative estimate of drug-likeness (QED) is 0.842. The summed E-state index contributed by atoms with van der Waals surface area (Å²) in [5.41, 5.74) is -0.444. The normalized spacial score (nSPS) is 23.9. The molecule has 1 unspecified atom stereocenters. The van der Waals surface area contributed by atoms with Gasteiger partial charge in [0.1, 0.15) is 0 Å². The Morgan fingerprint density at radius 1 is 1.35 bits per heavy atom. The van der Waals surface area contributed by atoms with Gasteiger partial charge >= 0.3 is 5.97 Å². The highest BCUT2D eigenvalue weighted by molar-refractivity contribution is 7.89. The van der Waals surface area contributed by atoms with E-state index in [1.54, 1.807) is 6.92 Å². The van der Waals surface area contributed by atoms with E-state index in [0.29, 0.717) is 12.0 Å². The number of aliphatic hydroxyl groups is 1. The van der Waals surface area contributed by atoms with Crippen molar-refractivity contribution in [3.05, 3.63) is 29.8 Å². The highest BCUT2D eigenvalue weighted by Gasteiger charge is 2.38. The Morgan fingerprint density at radius 2 is 1.95 bits per heavy atom. The van der Waals surface area contributed by atoms with Crippen LogP contribution in [0.4, 0.5) is 0 Å². The first-order valence-electron chi connectivity index (χ1n) is 6.24. The number of carboxylic acids is 1. The largest absolute Gasteiger partial charge is 0.481 e. The molecule has 1 aliphatic heterocycles. The molecule has 110 valence electrons. The number of carbonyl (C=O) groups is 1. The van der Waals surface area contributed by atoms with Gasteiger partial charge in [0.2, 0.25) is 10.0 Å². The molecule has 0 spiro atoms. The summed E-state index contributed by atoms with van der Waals surface area (Å²) in [5.74, 6) is -0.962. The van der Waals surface area contributed by atoms with Gasteiger partial charge in [0.05, 0.1) is 16.9 Å². The van der Waals surface area contributed by atoms with Crippen molar-refractivity contribution >= 4 is 16.0 Å². The first-order valence-corrected chi connectivity index (χ1v) is 7.68. The van der Waals surface area contributed by atoms with Crippen LogP contribution in [0.3, 0.4) is 0 Å². The van der Waals surface area contributed by atoms with Crippen LogP contribution in [0, 0.1) is 0 Å². The molecule has 0 bridgehead atoms. The lowest BCUT2D eigenvalue weighted by atomic mass is 10.1. The summed E-state index contributed by atoms with van der Waals surface area (Å²) in [7, 11) is -3.63. The fourth-order valence-corrected chi connectivity index (χ4v) is 3.77. The van der Waals surface area contributed by atoms with E-state index in [1.165, 1.54) is 28.6 Å². The topological polar surface area (TPSA) is 94.9 Å². The molecule has 0 saturated carbocycles. The summed E-state index contributed by atoms with van der Waals surface area (Å²) in [4.78, 5) is 10.7. The molecule has 1 aliphatic rings. The average molecular weight is 299 g/mol. The van der Waals surface area contributed by atoms with E-state index < -0.39 is 21.6 Å². The van der Waals surface area contributed by atoms with Crippen LogP contribution in [-0.4, -0.2) is 47.6 Å². The van der Waals surface area contributed by atoms with Crippen LogP contribution in [-0.2, 0) is 21.2 Å². The molecule has 1 aromatic rings. The van der Waals surface area contributed by atoms with Crippen molar-refractivity contribution in [2.24, 2.45) is 0 Å². The third-order valence-corrected chi connectivity index (χ3v) is 5.19. The smallest absolute Gasteiger partial charge is 0.307 e. The number of carboxylic acid groups (broad SMARTS) is 1. The highest BCUT2D eigenvalue weighted by atomic mass is 32.2. The van der Waals surface area contributed by atoms with Crippen LogP contribution in [0.15, 0.2) is 29.2 Å². The van der Waals surface area contributed by atoms with Gasteiger partial charge in [-0.05, 0) is 31.0 Å². The number of hydrogen-bond acceptors (Lipinski definition) is 4. The Bertz CT molecular complexity index is 606. The second-order valence-electron chi connectivity index (χ2n) is 5.30. The maximum absolute atomic E-state index is 12.4. The molecular formula is C13H17NO5S. The Balaban J connectivity index is 2.20. The zero-order valence-corrected chi connectivity index (χ0v) is 11.9. The van der Waals surface area contributed by atoms with E-state index in [-0.39, 0.29) is 24.4 Å². The summed E-state index contributed by atoms with van der Waals surface area (Å²) in [6, 6.07) is 5.80. The van der Waals surface area contributed by atoms with Crippen LogP contribution in [0.5, 0.6) is 0 Å². The molecule has 0 amide bonds. The lowest BCUT2D eigenvalue weighted by molar-refractivity contribution is -0.136. The maximum Gasteiger partial charge on any atom is 0.307 e. The zero-order valence-electron chi connectivity index (χ0n) is 11.1. The van der Waals surface area contributed by atoms with Gasteiger partial charge in [-0.3, -0.25) is 4.79 Å². The van der Waals surface area contributed by atoms with E-state index >= 15 is 0 Å². The van der Waals surface area contributed by atoms with Gasteiger partial charge in [0.15, 0.2) is 0 Å². The third-order valence-electron chi connectivity index (χ3n) is 3.33. The maximum atomic E-state index is 12.4. The summed E-state index contributed by atoms with van der Waals surface area (Å²) in [6.45, 7) is 1.97. The third kappa shape index (κ3) is 3.17. The molecule has 0 aromatic heterocycles. The van der Waals surface area contributed by atoms with Crippen molar-refractivity contribution in [3.8, 4) is 0 Å². The lowest BCUT2D eigenvalue weighted by Gasteiger charge is -2.19. The standard InChI is InChI=1S/C13H17NO5S/c1-13(17)6-7-14(9-13)20(18,19)11-4-2-10(3-5-11)8-12(15)16/h2-5,17H,6-9H2,1H3,(H,15,16). The van der Waals surface area contributed by atoms with Crippen molar-refractivity contribution in [1.29, 1.82) is 0 Å². The molecule has 7 heteroatoms. The van der Waals surface area contributed by atoms with Gasteiger partial charge in [-0.25, -0.2) is 8.42 Å². The molecule has 0 radical (unpaired) electrons. The van der Waals surface area contributed by atoms with E-state index in [0.717, 1.165) is 0 Å². The van der Waals surface area contributed by atoms with Crippen LogP contribution in [0.1, 0.15) is 18.9 Å². The molecule has 1 heterocycles. The molecule has 1 aromatic carbocycles. The van der Waals surface area contributed by atoms with Crippen LogP contribution in [0.25, 0.3) is 0 Å². The lowest BCUT2D eigenvalue weighted by Crippen LogP contribution is -2.33. The first kappa shape index (κ1) is 15.0. The van der Waals surface area contributed by atoms with Gasteiger partial charge < -0.3 is 10.2 Å². The second kappa shape index (κ2) is 5.16. The van der Waals surface area contributed by atoms with Crippen LogP contribution < -0.4 is 0 Å². The predicted molar refractivity (Wildman–Crippen MR) is 71.8 cm³/mol. The molecule has 1 fully saturated rings. The van der Waals surface area contributed by atoms with E-state index in [9.17, 15) is 18.3 Å².